The molecule has 0 spiro atoms. The molecule has 0 aliphatic carbocycles. The predicted molar refractivity (Wildman–Crippen MR) is 113 cm³/mol. The van der Waals surface area contributed by atoms with Crippen molar-refractivity contribution in [2.75, 3.05) is 44.8 Å². The van der Waals surface area contributed by atoms with Crippen molar-refractivity contribution in [3.8, 4) is 5.75 Å². The van der Waals surface area contributed by atoms with Crippen LogP contribution in [0.25, 0.3) is 6.08 Å². The van der Waals surface area contributed by atoms with Gasteiger partial charge in [0.25, 0.3) is 5.91 Å². The Morgan fingerprint density at radius 3 is 2.55 bits per heavy atom. The molecule has 1 amide bonds. The highest BCUT2D eigenvalue weighted by molar-refractivity contribution is 6.30. The molecule has 2 aromatic carbocycles. The van der Waals surface area contributed by atoms with Gasteiger partial charge in [0.1, 0.15) is 5.75 Å². The Morgan fingerprint density at radius 1 is 1.07 bits per heavy atom. The summed E-state index contributed by atoms with van der Waals surface area (Å²) in [6.45, 7) is 2.29. The van der Waals surface area contributed by atoms with Gasteiger partial charge in [-0.2, -0.15) is 0 Å². The number of carbonyl (C=O) groups excluding carboxylic acids is 2. The van der Waals surface area contributed by atoms with E-state index in [2.05, 4.69) is 4.90 Å². The first-order chi connectivity index (χ1) is 14.0. The third kappa shape index (κ3) is 5.99. The maximum Gasteiger partial charge on any atom is 0.331 e. The first-order valence-corrected chi connectivity index (χ1v) is 9.70. The number of esters is 1. The molecule has 0 atom stereocenters. The summed E-state index contributed by atoms with van der Waals surface area (Å²) < 4.78 is 10.2. The second-order valence-corrected chi connectivity index (χ2v) is 7.00. The number of halogens is 1. The molecular formula is C22H23ClN2O4. The van der Waals surface area contributed by atoms with Crippen LogP contribution in [0.3, 0.4) is 0 Å². The molecule has 0 radical (unpaired) electrons. The van der Waals surface area contributed by atoms with Gasteiger partial charge in [-0.1, -0.05) is 29.8 Å². The van der Waals surface area contributed by atoms with Crippen LogP contribution < -0.4 is 9.64 Å². The molecule has 1 fully saturated rings. The summed E-state index contributed by atoms with van der Waals surface area (Å²) >= 11 is 6.04. The average Bonchev–Trinajstić information content (AvgIpc) is 2.76. The highest BCUT2D eigenvalue weighted by atomic mass is 35.5. The van der Waals surface area contributed by atoms with Crippen molar-refractivity contribution in [3.63, 3.8) is 0 Å². The van der Waals surface area contributed by atoms with Crippen LogP contribution in [0.4, 0.5) is 5.69 Å². The molecule has 1 saturated heterocycles. The third-order valence-electron chi connectivity index (χ3n) is 4.65. The lowest BCUT2D eigenvalue weighted by molar-refractivity contribution is -0.148. The van der Waals surface area contributed by atoms with E-state index < -0.39 is 5.97 Å². The van der Waals surface area contributed by atoms with E-state index in [4.69, 9.17) is 21.1 Å². The molecule has 0 unspecified atom stereocenters. The fraction of sp³-hybridized carbons (Fsp3) is 0.273. The Kier molecular flexibility index (Phi) is 7.14. The number of carbonyl (C=O) groups is 2. The van der Waals surface area contributed by atoms with Crippen LogP contribution >= 0.6 is 11.6 Å². The molecule has 1 heterocycles. The minimum atomic E-state index is -0.557. The highest BCUT2D eigenvalue weighted by Crippen LogP contribution is 2.20. The molecule has 1 aliphatic heterocycles. The van der Waals surface area contributed by atoms with Gasteiger partial charge in [0.2, 0.25) is 0 Å². The fourth-order valence-corrected chi connectivity index (χ4v) is 3.25. The van der Waals surface area contributed by atoms with Crippen molar-refractivity contribution in [3.05, 3.63) is 65.2 Å². The van der Waals surface area contributed by atoms with E-state index in [1.54, 1.807) is 24.2 Å². The summed E-state index contributed by atoms with van der Waals surface area (Å²) in [7, 11) is 1.58. The molecule has 2 aromatic rings. The SMILES string of the molecule is COc1cccc(/C=C/C(=O)OCC(=O)N2CCN(c3cccc(Cl)c3)CC2)c1. The molecule has 29 heavy (non-hydrogen) atoms. The summed E-state index contributed by atoms with van der Waals surface area (Å²) in [5.74, 6) is -0.0507. The van der Waals surface area contributed by atoms with Gasteiger partial charge < -0.3 is 19.3 Å². The quantitative estimate of drug-likeness (QED) is 0.536. The van der Waals surface area contributed by atoms with Crippen LogP contribution in [-0.2, 0) is 14.3 Å². The van der Waals surface area contributed by atoms with Crippen LogP contribution in [0.5, 0.6) is 5.75 Å². The van der Waals surface area contributed by atoms with E-state index in [9.17, 15) is 9.59 Å². The maximum absolute atomic E-state index is 12.3. The summed E-state index contributed by atoms with van der Waals surface area (Å²) in [5, 5.41) is 0.690. The summed E-state index contributed by atoms with van der Waals surface area (Å²) in [4.78, 5) is 28.1. The fourth-order valence-electron chi connectivity index (χ4n) is 3.07. The average molecular weight is 415 g/mol. The van der Waals surface area contributed by atoms with Crippen LogP contribution in [0, 0.1) is 0 Å². The van der Waals surface area contributed by atoms with Gasteiger partial charge >= 0.3 is 5.97 Å². The molecule has 0 N–H and O–H groups in total. The molecular weight excluding hydrogens is 392 g/mol. The van der Waals surface area contributed by atoms with Crippen molar-refractivity contribution >= 4 is 35.2 Å². The van der Waals surface area contributed by atoms with Gasteiger partial charge in [0, 0.05) is 43.0 Å². The van der Waals surface area contributed by atoms with Crippen LogP contribution in [-0.4, -0.2) is 56.7 Å². The number of ether oxygens (including phenoxy) is 2. The summed E-state index contributed by atoms with van der Waals surface area (Å²) in [6.07, 6.45) is 2.93. The number of hydrogen-bond donors (Lipinski definition) is 0. The van der Waals surface area contributed by atoms with Crippen molar-refractivity contribution < 1.29 is 19.1 Å². The third-order valence-corrected chi connectivity index (χ3v) is 4.88. The Bertz CT molecular complexity index is 892. The molecule has 1 aliphatic rings. The standard InChI is InChI=1S/C22H23ClN2O4/c1-28-20-7-2-4-17(14-20)8-9-22(27)29-16-21(26)25-12-10-24(11-13-25)19-6-3-5-18(23)15-19/h2-9,14-15H,10-13,16H2,1H3/b9-8+. The van der Waals surface area contributed by atoms with Crippen LogP contribution in [0.1, 0.15) is 5.56 Å². The Balaban J connectivity index is 1.43. The minimum Gasteiger partial charge on any atom is -0.497 e. The van der Waals surface area contributed by atoms with E-state index in [1.165, 1.54) is 6.08 Å². The predicted octanol–water partition coefficient (Wildman–Crippen LogP) is 3.25. The monoisotopic (exact) mass is 414 g/mol. The summed E-state index contributed by atoms with van der Waals surface area (Å²) in [5.41, 5.74) is 1.85. The van der Waals surface area contributed by atoms with Crippen molar-refractivity contribution in [1.82, 2.24) is 4.90 Å². The number of nitrogens with zero attached hydrogens (tertiary/aromatic N) is 2. The number of hydrogen-bond acceptors (Lipinski definition) is 5. The largest absolute Gasteiger partial charge is 0.497 e. The van der Waals surface area contributed by atoms with Crippen LogP contribution in [0.15, 0.2) is 54.6 Å². The number of rotatable bonds is 6. The molecule has 0 aromatic heterocycles. The van der Waals surface area contributed by atoms with Crippen LogP contribution in [0.2, 0.25) is 5.02 Å². The minimum absolute atomic E-state index is 0.195. The molecule has 6 nitrogen and oxygen atoms in total. The van der Waals surface area contributed by atoms with Gasteiger partial charge in [-0.15, -0.1) is 0 Å². The van der Waals surface area contributed by atoms with E-state index in [1.807, 2.05) is 42.5 Å². The topological polar surface area (TPSA) is 59.1 Å². The lowest BCUT2D eigenvalue weighted by Crippen LogP contribution is -2.49. The zero-order valence-corrected chi connectivity index (χ0v) is 17.0. The first-order valence-electron chi connectivity index (χ1n) is 9.32. The normalized spacial score (nSPS) is 14.1. The van der Waals surface area contributed by atoms with Crippen molar-refractivity contribution in [2.24, 2.45) is 0 Å². The first kappa shape index (κ1) is 20.7. The smallest absolute Gasteiger partial charge is 0.331 e. The second kappa shape index (κ2) is 9.98. The zero-order valence-electron chi connectivity index (χ0n) is 16.2. The number of anilines is 1. The highest BCUT2D eigenvalue weighted by Gasteiger charge is 2.22. The van der Waals surface area contributed by atoms with E-state index in [0.29, 0.717) is 37.0 Å². The number of amides is 1. The number of benzene rings is 2. The number of piperazine rings is 1. The van der Waals surface area contributed by atoms with Crippen molar-refractivity contribution in [2.45, 2.75) is 0 Å². The van der Waals surface area contributed by atoms with Crippen molar-refractivity contribution in [1.29, 1.82) is 0 Å². The molecule has 7 heteroatoms. The van der Waals surface area contributed by atoms with Gasteiger partial charge in [-0.25, -0.2) is 4.79 Å². The lowest BCUT2D eigenvalue weighted by atomic mass is 10.2. The summed E-state index contributed by atoms with van der Waals surface area (Å²) in [6, 6.07) is 15.0. The zero-order chi connectivity index (χ0) is 20.6. The Hall–Kier alpha value is -2.99. The second-order valence-electron chi connectivity index (χ2n) is 6.57. The Morgan fingerprint density at radius 2 is 1.83 bits per heavy atom. The molecule has 3 rings (SSSR count). The van der Waals surface area contributed by atoms with E-state index >= 15 is 0 Å². The molecule has 152 valence electrons. The van der Waals surface area contributed by atoms with E-state index in [0.717, 1.165) is 11.3 Å². The van der Waals surface area contributed by atoms with E-state index in [-0.39, 0.29) is 12.5 Å². The maximum atomic E-state index is 12.3. The van der Waals surface area contributed by atoms with Gasteiger partial charge in [-0.3, -0.25) is 4.79 Å². The lowest BCUT2D eigenvalue weighted by Gasteiger charge is -2.36. The van der Waals surface area contributed by atoms with Gasteiger partial charge in [-0.05, 0) is 42.0 Å². The molecule has 0 saturated carbocycles. The number of methoxy groups -OCH3 is 1. The molecule has 0 bridgehead atoms. The van der Waals surface area contributed by atoms with Gasteiger partial charge in [0.15, 0.2) is 6.61 Å². The van der Waals surface area contributed by atoms with Gasteiger partial charge in [0.05, 0.1) is 7.11 Å². The Labute approximate surface area is 175 Å².